The lowest BCUT2D eigenvalue weighted by molar-refractivity contribution is -0.105. The standard InChI is InChI=1S/C10H14O2/c1-7(2)9-4-3-8(6-11)5-10(9)12/h5-6,9-10,12H,1,3-4H2,2H3/t9-,10+/m0/s1. The van der Waals surface area contributed by atoms with Gasteiger partial charge in [-0.3, -0.25) is 4.79 Å². The normalized spacial score (nSPS) is 29.3. The lowest BCUT2D eigenvalue weighted by Crippen LogP contribution is -2.23. The van der Waals surface area contributed by atoms with Crippen LogP contribution in [-0.4, -0.2) is 17.5 Å². The van der Waals surface area contributed by atoms with Crippen LogP contribution in [0, 0.1) is 5.92 Å². The number of rotatable bonds is 2. The van der Waals surface area contributed by atoms with Gasteiger partial charge in [-0.25, -0.2) is 0 Å². The number of hydrogen-bond acceptors (Lipinski definition) is 2. The molecule has 0 aromatic carbocycles. The third-order valence-electron chi connectivity index (χ3n) is 2.33. The molecule has 2 nitrogen and oxygen atoms in total. The molecule has 1 rings (SSSR count). The quantitative estimate of drug-likeness (QED) is 0.498. The first-order valence-electron chi connectivity index (χ1n) is 4.14. The predicted molar refractivity (Wildman–Crippen MR) is 47.7 cm³/mol. The van der Waals surface area contributed by atoms with E-state index in [1.807, 2.05) is 6.92 Å². The summed E-state index contributed by atoms with van der Waals surface area (Å²) in [5, 5.41) is 9.54. The Bertz CT molecular complexity index is 228. The van der Waals surface area contributed by atoms with E-state index in [1.165, 1.54) is 0 Å². The van der Waals surface area contributed by atoms with Gasteiger partial charge in [0, 0.05) is 5.92 Å². The van der Waals surface area contributed by atoms with E-state index in [-0.39, 0.29) is 5.92 Å². The van der Waals surface area contributed by atoms with E-state index in [9.17, 15) is 9.90 Å². The van der Waals surface area contributed by atoms with Gasteiger partial charge in [-0.1, -0.05) is 12.2 Å². The Morgan fingerprint density at radius 3 is 2.92 bits per heavy atom. The minimum absolute atomic E-state index is 0.133. The van der Waals surface area contributed by atoms with Crippen LogP contribution >= 0.6 is 0 Å². The van der Waals surface area contributed by atoms with Crippen LogP contribution in [0.4, 0.5) is 0 Å². The van der Waals surface area contributed by atoms with Gasteiger partial charge >= 0.3 is 0 Å². The van der Waals surface area contributed by atoms with Crippen LogP contribution in [0.15, 0.2) is 23.8 Å². The van der Waals surface area contributed by atoms with E-state index < -0.39 is 6.10 Å². The molecule has 0 unspecified atom stereocenters. The highest BCUT2D eigenvalue weighted by molar-refractivity contribution is 5.73. The van der Waals surface area contributed by atoms with Crippen molar-refractivity contribution in [3.8, 4) is 0 Å². The largest absolute Gasteiger partial charge is 0.388 e. The van der Waals surface area contributed by atoms with Crippen molar-refractivity contribution in [2.45, 2.75) is 25.9 Å². The maximum atomic E-state index is 10.4. The first-order valence-corrected chi connectivity index (χ1v) is 4.14. The van der Waals surface area contributed by atoms with Gasteiger partial charge in [0.05, 0.1) is 6.10 Å². The number of carbonyl (C=O) groups is 1. The molecule has 2 atom stereocenters. The highest BCUT2D eigenvalue weighted by atomic mass is 16.3. The highest BCUT2D eigenvalue weighted by Crippen LogP contribution is 2.27. The van der Waals surface area contributed by atoms with Crippen molar-refractivity contribution in [3.05, 3.63) is 23.8 Å². The molecular weight excluding hydrogens is 152 g/mol. The maximum absolute atomic E-state index is 10.4. The summed E-state index contributed by atoms with van der Waals surface area (Å²) in [7, 11) is 0. The van der Waals surface area contributed by atoms with Gasteiger partial charge in [-0.15, -0.1) is 0 Å². The van der Waals surface area contributed by atoms with Gasteiger partial charge in [0.2, 0.25) is 0 Å². The summed E-state index contributed by atoms with van der Waals surface area (Å²) in [6.07, 6.45) is 3.53. The van der Waals surface area contributed by atoms with Crippen LogP contribution < -0.4 is 0 Å². The summed E-state index contributed by atoms with van der Waals surface area (Å²) < 4.78 is 0. The Kier molecular flexibility index (Phi) is 2.82. The second-order valence-corrected chi connectivity index (χ2v) is 3.34. The molecule has 0 radical (unpaired) electrons. The first kappa shape index (κ1) is 9.20. The molecule has 0 spiro atoms. The zero-order valence-electron chi connectivity index (χ0n) is 7.29. The minimum Gasteiger partial charge on any atom is -0.388 e. The number of hydrogen-bond donors (Lipinski definition) is 1. The van der Waals surface area contributed by atoms with Crippen molar-refractivity contribution in [3.63, 3.8) is 0 Å². The molecular formula is C10H14O2. The monoisotopic (exact) mass is 166 g/mol. The van der Waals surface area contributed by atoms with Crippen LogP contribution in [0.5, 0.6) is 0 Å². The molecule has 0 saturated carbocycles. The fourth-order valence-corrected chi connectivity index (χ4v) is 1.55. The van der Waals surface area contributed by atoms with E-state index >= 15 is 0 Å². The average Bonchev–Trinajstić information content (AvgIpc) is 2.03. The predicted octanol–water partition coefficient (Wildman–Crippen LogP) is 1.46. The Morgan fingerprint density at radius 1 is 1.83 bits per heavy atom. The third kappa shape index (κ3) is 1.83. The molecule has 0 aliphatic heterocycles. The Labute approximate surface area is 72.6 Å². The lowest BCUT2D eigenvalue weighted by Gasteiger charge is -2.25. The number of allylic oxidation sites excluding steroid dienone is 1. The summed E-state index contributed by atoms with van der Waals surface area (Å²) in [4.78, 5) is 10.4. The summed E-state index contributed by atoms with van der Waals surface area (Å²) in [5.74, 6) is 0.133. The number of carbonyl (C=O) groups excluding carboxylic acids is 1. The molecule has 2 heteroatoms. The molecule has 1 aliphatic carbocycles. The Hall–Kier alpha value is -0.890. The van der Waals surface area contributed by atoms with Crippen LogP contribution in [0.3, 0.4) is 0 Å². The summed E-state index contributed by atoms with van der Waals surface area (Å²) >= 11 is 0. The third-order valence-corrected chi connectivity index (χ3v) is 2.33. The van der Waals surface area contributed by atoms with Crippen LogP contribution in [0.25, 0.3) is 0 Å². The van der Waals surface area contributed by atoms with Gasteiger partial charge in [-0.05, 0) is 31.4 Å². The van der Waals surface area contributed by atoms with E-state index in [2.05, 4.69) is 6.58 Å². The maximum Gasteiger partial charge on any atom is 0.145 e. The zero-order chi connectivity index (χ0) is 9.14. The van der Waals surface area contributed by atoms with Gasteiger partial charge in [0.25, 0.3) is 0 Å². The lowest BCUT2D eigenvalue weighted by atomic mass is 9.84. The van der Waals surface area contributed by atoms with Crippen molar-refractivity contribution in [1.82, 2.24) is 0 Å². The molecule has 0 aromatic heterocycles. The van der Waals surface area contributed by atoms with Crippen molar-refractivity contribution in [2.75, 3.05) is 0 Å². The Morgan fingerprint density at radius 2 is 2.50 bits per heavy atom. The van der Waals surface area contributed by atoms with E-state index in [0.29, 0.717) is 5.57 Å². The van der Waals surface area contributed by atoms with Crippen molar-refractivity contribution in [1.29, 1.82) is 0 Å². The van der Waals surface area contributed by atoms with E-state index in [1.54, 1.807) is 6.08 Å². The smallest absolute Gasteiger partial charge is 0.145 e. The fourth-order valence-electron chi connectivity index (χ4n) is 1.55. The SMILES string of the molecule is C=C(C)[C@@H]1CCC(C=O)=C[C@H]1O. The molecule has 1 N–H and O–H groups in total. The molecule has 0 saturated heterocycles. The van der Waals surface area contributed by atoms with Gasteiger partial charge in [0.1, 0.15) is 6.29 Å². The fraction of sp³-hybridized carbons (Fsp3) is 0.500. The number of aldehydes is 1. The van der Waals surface area contributed by atoms with E-state index in [0.717, 1.165) is 24.7 Å². The molecule has 0 bridgehead atoms. The summed E-state index contributed by atoms with van der Waals surface area (Å²) in [6.45, 7) is 5.71. The van der Waals surface area contributed by atoms with Crippen molar-refractivity contribution < 1.29 is 9.90 Å². The van der Waals surface area contributed by atoms with Gasteiger partial charge < -0.3 is 5.11 Å². The van der Waals surface area contributed by atoms with Gasteiger partial charge in [0.15, 0.2) is 0 Å². The molecule has 12 heavy (non-hydrogen) atoms. The molecule has 0 amide bonds. The molecule has 66 valence electrons. The molecule has 0 fully saturated rings. The Balaban J connectivity index is 2.72. The van der Waals surface area contributed by atoms with Crippen molar-refractivity contribution in [2.24, 2.45) is 5.92 Å². The molecule has 0 heterocycles. The summed E-state index contributed by atoms with van der Waals surface area (Å²) in [5.41, 5.74) is 1.70. The summed E-state index contributed by atoms with van der Waals surface area (Å²) in [6, 6.07) is 0. The topological polar surface area (TPSA) is 37.3 Å². The van der Waals surface area contributed by atoms with Crippen LogP contribution in [0.2, 0.25) is 0 Å². The number of aliphatic hydroxyl groups is 1. The van der Waals surface area contributed by atoms with Crippen molar-refractivity contribution >= 4 is 6.29 Å². The second kappa shape index (κ2) is 3.68. The molecule has 0 aromatic rings. The highest BCUT2D eigenvalue weighted by Gasteiger charge is 2.22. The van der Waals surface area contributed by atoms with E-state index in [4.69, 9.17) is 0 Å². The average molecular weight is 166 g/mol. The zero-order valence-corrected chi connectivity index (χ0v) is 7.29. The number of aliphatic hydroxyl groups excluding tert-OH is 1. The second-order valence-electron chi connectivity index (χ2n) is 3.34. The molecule has 1 aliphatic rings. The first-order chi connectivity index (χ1) is 5.65. The van der Waals surface area contributed by atoms with Gasteiger partial charge in [-0.2, -0.15) is 0 Å². The van der Waals surface area contributed by atoms with Crippen LogP contribution in [-0.2, 0) is 4.79 Å². The minimum atomic E-state index is -0.517. The van der Waals surface area contributed by atoms with Crippen LogP contribution in [0.1, 0.15) is 19.8 Å².